The van der Waals surface area contributed by atoms with Gasteiger partial charge in [-0.25, -0.2) is 0 Å². The zero-order valence-corrected chi connectivity index (χ0v) is 8.78. The Morgan fingerprint density at radius 3 is 3.14 bits per heavy atom. The molecule has 0 spiro atoms. The molecule has 0 aromatic carbocycles. The van der Waals surface area contributed by atoms with Crippen molar-refractivity contribution in [3.05, 3.63) is 0 Å². The second-order valence-electron chi connectivity index (χ2n) is 3.32. The van der Waals surface area contributed by atoms with Gasteiger partial charge in [-0.15, -0.1) is 0 Å². The average Bonchev–Trinajstić information content (AvgIpc) is 2.19. The van der Waals surface area contributed by atoms with E-state index in [-0.39, 0.29) is 12.0 Å². The lowest BCUT2D eigenvalue weighted by atomic mass is 10.3. The summed E-state index contributed by atoms with van der Waals surface area (Å²) in [7, 11) is 3.41. The Kier molecular flexibility index (Phi) is 4.86. The normalized spacial score (nSPS) is 22.4. The molecule has 1 N–H and O–H groups in total. The summed E-state index contributed by atoms with van der Waals surface area (Å²) in [6.45, 7) is 2.85. The molecule has 1 unspecified atom stereocenters. The van der Waals surface area contributed by atoms with Gasteiger partial charge in [0.25, 0.3) is 0 Å². The Labute approximate surface area is 84.4 Å². The van der Waals surface area contributed by atoms with Crippen molar-refractivity contribution < 1.29 is 14.3 Å². The third-order valence-electron chi connectivity index (χ3n) is 2.17. The highest BCUT2D eigenvalue weighted by Gasteiger charge is 2.23. The van der Waals surface area contributed by atoms with Gasteiger partial charge < -0.3 is 19.7 Å². The number of nitrogens with one attached hydrogen (secondary N) is 1. The molecular weight excluding hydrogens is 184 g/mol. The lowest BCUT2D eigenvalue weighted by molar-refractivity contribution is -0.139. The number of methoxy groups -OCH3 is 1. The van der Waals surface area contributed by atoms with Gasteiger partial charge in [0.2, 0.25) is 5.91 Å². The minimum Gasteiger partial charge on any atom is -0.382 e. The summed E-state index contributed by atoms with van der Waals surface area (Å²) in [4.78, 5) is 13.3. The first-order valence-electron chi connectivity index (χ1n) is 4.81. The quantitative estimate of drug-likeness (QED) is 0.640. The van der Waals surface area contributed by atoms with Crippen molar-refractivity contribution in [2.75, 3.05) is 47.0 Å². The van der Waals surface area contributed by atoms with Gasteiger partial charge in [0, 0.05) is 20.2 Å². The largest absolute Gasteiger partial charge is 0.382 e. The van der Waals surface area contributed by atoms with Crippen LogP contribution in [0.25, 0.3) is 0 Å². The van der Waals surface area contributed by atoms with Crippen LogP contribution in [0.4, 0.5) is 0 Å². The van der Waals surface area contributed by atoms with E-state index < -0.39 is 0 Å². The molecule has 0 bridgehead atoms. The zero-order chi connectivity index (χ0) is 10.4. The summed E-state index contributed by atoms with van der Waals surface area (Å²) >= 11 is 0. The van der Waals surface area contributed by atoms with Crippen LogP contribution in [-0.4, -0.2) is 63.9 Å². The summed E-state index contributed by atoms with van der Waals surface area (Å²) in [5.74, 6) is 0.122. The summed E-state index contributed by atoms with van der Waals surface area (Å²) in [6.07, 6.45) is 0.0227. The van der Waals surface area contributed by atoms with E-state index in [0.717, 1.165) is 0 Å². The summed E-state index contributed by atoms with van der Waals surface area (Å²) in [6, 6.07) is 0. The van der Waals surface area contributed by atoms with Gasteiger partial charge in [0.15, 0.2) is 0 Å². The molecule has 14 heavy (non-hydrogen) atoms. The third-order valence-corrected chi connectivity index (χ3v) is 2.17. The summed E-state index contributed by atoms with van der Waals surface area (Å²) < 4.78 is 10.4. The van der Waals surface area contributed by atoms with Crippen LogP contribution in [0, 0.1) is 0 Å². The molecule has 0 aromatic heterocycles. The summed E-state index contributed by atoms with van der Waals surface area (Å²) in [5.41, 5.74) is 0. The highest BCUT2D eigenvalue weighted by atomic mass is 16.5. The zero-order valence-electron chi connectivity index (χ0n) is 8.78. The van der Waals surface area contributed by atoms with Crippen LogP contribution in [-0.2, 0) is 14.3 Å². The van der Waals surface area contributed by atoms with E-state index in [1.807, 2.05) is 4.90 Å². The predicted octanol–water partition coefficient (Wildman–Crippen LogP) is -0.920. The van der Waals surface area contributed by atoms with Crippen LogP contribution >= 0.6 is 0 Å². The number of ether oxygens (including phenoxy) is 2. The standard InChI is InChI=1S/C9H18N2O3/c1-10-5-9(12)11-3-4-14-8(6-11)7-13-2/h8,10H,3-7H2,1-2H3. The molecule has 0 radical (unpaired) electrons. The number of carbonyl (C=O) groups is 1. The van der Waals surface area contributed by atoms with Crippen molar-refractivity contribution >= 4 is 5.91 Å². The minimum atomic E-state index is 0.0227. The fourth-order valence-electron chi connectivity index (χ4n) is 1.50. The smallest absolute Gasteiger partial charge is 0.236 e. The van der Waals surface area contributed by atoms with Crippen molar-refractivity contribution in [1.82, 2.24) is 10.2 Å². The number of rotatable bonds is 4. The van der Waals surface area contributed by atoms with Gasteiger partial charge in [-0.05, 0) is 7.05 Å². The van der Waals surface area contributed by atoms with E-state index in [9.17, 15) is 4.79 Å². The number of likely N-dealkylation sites (N-methyl/N-ethyl adjacent to an activating group) is 1. The van der Waals surface area contributed by atoms with Gasteiger partial charge in [0.05, 0.1) is 25.9 Å². The van der Waals surface area contributed by atoms with Gasteiger partial charge in [0.1, 0.15) is 0 Å². The van der Waals surface area contributed by atoms with Crippen LogP contribution in [0.2, 0.25) is 0 Å². The molecule has 1 rings (SSSR count). The van der Waals surface area contributed by atoms with E-state index >= 15 is 0 Å². The molecule has 5 heteroatoms. The number of morpholine rings is 1. The van der Waals surface area contributed by atoms with Gasteiger partial charge in [-0.2, -0.15) is 0 Å². The van der Waals surface area contributed by atoms with E-state index in [4.69, 9.17) is 9.47 Å². The highest BCUT2D eigenvalue weighted by Crippen LogP contribution is 2.05. The van der Waals surface area contributed by atoms with Crippen LogP contribution in [0.15, 0.2) is 0 Å². The second-order valence-corrected chi connectivity index (χ2v) is 3.32. The molecule has 1 aliphatic rings. The van der Waals surface area contributed by atoms with Crippen molar-refractivity contribution in [1.29, 1.82) is 0 Å². The number of hydrogen-bond acceptors (Lipinski definition) is 4. The van der Waals surface area contributed by atoms with E-state index in [1.165, 1.54) is 0 Å². The van der Waals surface area contributed by atoms with Crippen molar-refractivity contribution in [2.24, 2.45) is 0 Å². The molecule has 1 atom stereocenters. The minimum absolute atomic E-state index is 0.0227. The average molecular weight is 202 g/mol. The molecule has 0 saturated carbocycles. The Morgan fingerprint density at radius 1 is 1.71 bits per heavy atom. The van der Waals surface area contributed by atoms with Crippen molar-refractivity contribution in [3.63, 3.8) is 0 Å². The van der Waals surface area contributed by atoms with Gasteiger partial charge in [-0.3, -0.25) is 4.79 Å². The van der Waals surface area contributed by atoms with E-state index in [2.05, 4.69) is 5.32 Å². The molecule has 1 aliphatic heterocycles. The first-order chi connectivity index (χ1) is 6.77. The van der Waals surface area contributed by atoms with Crippen LogP contribution in [0.5, 0.6) is 0 Å². The lowest BCUT2D eigenvalue weighted by Gasteiger charge is -2.32. The molecule has 5 nitrogen and oxygen atoms in total. The topological polar surface area (TPSA) is 50.8 Å². The lowest BCUT2D eigenvalue weighted by Crippen LogP contribution is -2.49. The van der Waals surface area contributed by atoms with Crippen molar-refractivity contribution in [3.8, 4) is 0 Å². The van der Waals surface area contributed by atoms with Crippen LogP contribution < -0.4 is 5.32 Å². The van der Waals surface area contributed by atoms with Crippen LogP contribution in [0.3, 0.4) is 0 Å². The molecule has 1 heterocycles. The summed E-state index contributed by atoms with van der Waals surface area (Å²) in [5, 5.41) is 2.85. The maximum absolute atomic E-state index is 11.5. The second kappa shape index (κ2) is 5.95. The molecular formula is C9H18N2O3. The third kappa shape index (κ3) is 3.25. The Balaban J connectivity index is 2.35. The molecule has 1 fully saturated rings. The Morgan fingerprint density at radius 2 is 2.50 bits per heavy atom. The molecule has 0 aromatic rings. The van der Waals surface area contributed by atoms with E-state index in [1.54, 1.807) is 14.2 Å². The predicted molar refractivity (Wildman–Crippen MR) is 52.1 cm³/mol. The molecule has 1 saturated heterocycles. The Bertz CT molecular complexity index is 185. The maximum Gasteiger partial charge on any atom is 0.236 e. The molecule has 1 amide bonds. The van der Waals surface area contributed by atoms with Crippen molar-refractivity contribution in [2.45, 2.75) is 6.10 Å². The first kappa shape index (κ1) is 11.4. The number of hydrogen-bond donors (Lipinski definition) is 1. The number of carbonyl (C=O) groups excluding carboxylic acids is 1. The Hall–Kier alpha value is -0.650. The molecule has 0 aliphatic carbocycles. The van der Waals surface area contributed by atoms with Gasteiger partial charge >= 0.3 is 0 Å². The first-order valence-corrected chi connectivity index (χ1v) is 4.81. The maximum atomic E-state index is 11.5. The molecule has 82 valence electrons. The van der Waals surface area contributed by atoms with Gasteiger partial charge in [-0.1, -0.05) is 0 Å². The number of nitrogens with zero attached hydrogens (tertiary/aromatic N) is 1. The number of amides is 1. The monoisotopic (exact) mass is 202 g/mol. The fraction of sp³-hybridized carbons (Fsp3) is 0.889. The SMILES string of the molecule is CNCC(=O)N1CCOC(COC)C1. The fourth-order valence-corrected chi connectivity index (χ4v) is 1.50. The van der Waals surface area contributed by atoms with E-state index in [0.29, 0.717) is 32.8 Å². The highest BCUT2D eigenvalue weighted by molar-refractivity contribution is 5.78. The van der Waals surface area contributed by atoms with Crippen LogP contribution in [0.1, 0.15) is 0 Å².